The van der Waals surface area contributed by atoms with Crippen molar-refractivity contribution in [3.8, 4) is 0 Å². The Labute approximate surface area is 172 Å². The number of benzene rings is 1. The van der Waals surface area contributed by atoms with Crippen LogP contribution in [0.4, 0.5) is 24.7 Å². The number of nitrogens with zero attached hydrogens (tertiary/aromatic N) is 3. The Morgan fingerprint density at radius 1 is 1.17 bits per heavy atom. The van der Waals surface area contributed by atoms with Crippen molar-refractivity contribution in [1.82, 2.24) is 9.88 Å². The molecule has 156 valence electrons. The quantitative estimate of drug-likeness (QED) is 0.795. The summed E-state index contributed by atoms with van der Waals surface area (Å²) in [4.78, 5) is 20.3. The number of aryl methyl sites for hydroxylation is 1. The van der Waals surface area contributed by atoms with Gasteiger partial charge in [-0.2, -0.15) is 13.2 Å². The summed E-state index contributed by atoms with van der Waals surface area (Å²) in [5.41, 5.74) is 0.829. The summed E-state index contributed by atoms with van der Waals surface area (Å²) in [5, 5.41) is 3.44. The number of anilines is 2. The highest BCUT2D eigenvalue weighted by Gasteiger charge is 2.31. The maximum atomic E-state index is 12.7. The fourth-order valence-electron chi connectivity index (χ4n) is 3.17. The van der Waals surface area contributed by atoms with Crippen molar-refractivity contribution in [2.75, 3.05) is 42.9 Å². The third kappa shape index (κ3) is 5.83. The van der Waals surface area contributed by atoms with Crippen LogP contribution < -0.4 is 10.2 Å². The van der Waals surface area contributed by atoms with Crippen LogP contribution in [0.25, 0.3) is 0 Å². The number of hydrogen-bond acceptors (Lipinski definition) is 4. The maximum absolute atomic E-state index is 12.7. The van der Waals surface area contributed by atoms with E-state index in [2.05, 4.69) is 10.3 Å². The lowest BCUT2D eigenvalue weighted by Crippen LogP contribution is -2.36. The Hall–Kier alpha value is -2.32. The molecule has 1 amide bonds. The van der Waals surface area contributed by atoms with E-state index >= 15 is 0 Å². The molecule has 29 heavy (non-hydrogen) atoms. The summed E-state index contributed by atoms with van der Waals surface area (Å²) in [6.45, 7) is 4.72. The first kappa shape index (κ1) is 21.4. The van der Waals surface area contributed by atoms with Gasteiger partial charge in [0, 0.05) is 43.1 Å². The van der Waals surface area contributed by atoms with Gasteiger partial charge in [-0.05, 0) is 43.2 Å². The van der Waals surface area contributed by atoms with E-state index in [4.69, 9.17) is 11.6 Å². The zero-order valence-electron chi connectivity index (χ0n) is 16.0. The molecule has 0 bridgehead atoms. The Balaban J connectivity index is 1.54. The smallest absolute Gasteiger partial charge is 0.355 e. The van der Waals surface area contributed by atoms with Gasteiger partial charge in [0.15, 0.2) is 0 Å². The number of halogens is 4. The van der Waals surface area contributed by atoms with Crippen molar-refractivity contribution in [1.29, 1.82) is 0 Å². The topological polar surface area (TPSA) is 48.5 Å². The number of carbonyl (C=O) groups is 1. The van der Waals surface area contributed by atoms with Crippen LogP contribution in [-0.2, 0) is 11.0 Å². The van der Waals surface area contributed by atoms with E-state index in [1.807, 2.05) is 22.8 Å². The van der Waals surface area contributed by atoms with Gasteiger partial charge in [0.25, 0.3) is 0 Å². The first-order valence-corrected chi connectivity index (χ1v) is 9.67. The summed E-state index contributed by atoms with van der Waals surface area (Å²) < 4.78 is 38.1. The Kier molecular flexibility index (Phi) is 6.64. The Morgan fingerprint density at radius 2 is 1.97 bits per heavy atom. The van der Waals surface area contributed by atoms with Gasteiger partial charge in [0.1, 0.15) is 5.82 Å². The summed E-state index contributed by atoms with van der Waals surface area (Å²) in [6.07, 6.45) is -2.75. The van der Waals surface area contributed by atoms with Crippen molar-refractivity contribution in [3.05, 3.63) is 52.7 Å². The molecule has 0 aliphatic carbocycles. The Morgan fingerprint density at radius 3 is 2.62 bits per heavy atom. The molecule has 1 aromatic heterocycles. The standard InChI is InChI=1S/C20H22ClF3N4O/c1-14-3-5-16(11-17(14)21)26-19(29)13-27-7-2-8-28(10-9-27)18-6-4-15(12-25-18)20(22,23)24/h3-6,11-12H,2,7-10,13H2,1H3,(H,26,29). The molecular formula is C20H22ClF3N4O. The third-order valence-electron chi connectivity index (χ3n) is 4.81. The van der Waals surface area contributed by atoms with Gasteiger partial charge in [0.05, 0.1) is 12.1 Å². The van der Waals surface area contributed by atoms with E-state index in [9.17, 15) is 18.0 Å². The molecular weight excluding hydrogens is 405 g/mol. The van der Waals surface area contributed by atoms with Crippen LogP contribution in [0.15, 0.2) is 36.5 Å². The van der Waals surface area contributed by atoms with E-state index in [0.717, 1.165) is 30.8 Å². The van der Waals surface area contributed by atoms with Gasteiger partial charge in [-0.15, -0.1) is 0 Å². The number of rotatable bonds is 4. The van der Waals surface area contributed by atoms with Crippen LogP contribution in [-0.4, -0.2) is 48.5 Å². The molecule has 1 aromatic carbocycles. The fourth-order valence-corrected chi connectivity index (χ4v) is 3.35. The van der Waals surface area contributed by atoms with Crippen LogP contribution in [0.5, 0.6) is 0 Å². The predicted molar refractivity (Wildman–Crippen MR) is 107 cm³/mol. The summed E-state index contributed by atoms with van der Waals surface area (Å²) in [5.74, 6) is 0.379. The zero-order chi connectivity index (χ0) is 21.0. The summed E-state index contributed by atoms with van der Waals surface area (Å²) >= 11 is 6.08. The van der Waals surface area contributed by atoms with Crippen molar-refractivity contribution in [2.45, 2.75) is 19.5 Å². The van der Waals surface area contributed by atoms with Crippen LogP contribution >= 0.6 is 11.6 Å². The highest BCUT2D eigenvalue weighted by atomic mass is 35.5. The minimum absolute atomic E-state index is 0.133. The molecule has 0 unspecified atom stereocenters. The summed E-state index contributed by atoms with van der Waals surface area (Å²) in [7, 11) is 0. The molecule has 0 atom stereocenters. The average Bonchev–Trinajstić information content (AvgIpc) is 2.90. The number of alkyl halides is 3. The molecule has 0 spiro atoms. The minimum Gasteiger partial charge on any atom is -0.355 e. The first-order valence-electron chi connectivity index (χ1n) is 9.29. The molecule has 0 radical (unpaired) electrons. The van der Waals surface area contributed by atoms with E-state index in [1.54, 1.807) is 12.1 Å². The van der Waals surface area contributed by atoms with Gasteiger partial charge < -0.3 is 10.2 Å². The van der Waals surface area contributed by atoms with Crippen molar-refractivity contribution >= 4 is 29.0 Å². The van der Waals surface area contributed by atoms with Gasteiger partial charge in [-0.25, -0.2) is 4.98 Å². The number of carbonyl (C=O) groups excluding carboxylic acids is 1. The SMILES string of the molecule is Cc1ccc(NC(=O)CN2CCCN(c3ccc(C(F)(F)F)cn3)CC2)cc1Cl. The second kappa shape index (κ2) is 9.00. The molecule has 5 nitrogen and oxygen atoms in total. The monoisotopic (exact) mass is 426 g/mol. The molecule has 2 aromatic rings. The number of nitrogens with one attached hydrogen (secondary N) is 1. The van der Waals surface area contributed by atoms with Gasteiger partial charge in [-0.3, -0.25) is 9.69 Å². The largest absolute Gasteiger partial charge is 0.417 e. The third-order valence-corrected chi connectivity index (χ3v) is 5.22. The lowest BCUT2D eigenvalue weighted by molar-refractivity contribution is -0.137. The van der Waals surface area contributed by atoms with Gasteiger partial charge in [-0.1, -0.05) is 17.7 Å². The first-order chi connectivity index (χ1) is 13.7. The minimum atomic E-state index is -4.39. The zero-order valence-corrected chi connectivity index (χ0v) is 16.7. The lowest BCUT2D eigenvalue weighted by Gasteiger charge is -2.22. The average molecular weight is 427 g/mol. The van der Waals surface area contributed by atoms with Crippen molar-refractivity contribution < 1.29 is 18.0 Å². The van der Waals surface area contributed by atoms with E-state index in [-0.39, 0.29) is 12.5 Å². The molecule has 2 heterocycles. The number of pyridine rings is 1. The molecule has 1 N–H and O–H groups in total. The maximum Gasteiger partial charge on any atom is 0.417 e. The number of aromatic nitrogens is 1. The van der Waals surface area contributed by atoms with Crippen molar-refractivity contribution in [2.24, 2.45) is 0 Å². The van der Waals surface area contributed by atoms with Crippen LogP contribution in [0.2, 0.25) is 5.02 Å². The normalized spacial score (nSPS) is 15.8. The predicted octanol–water partition coefficient (Wildman–Crippen LogP) is 4.21. The van der Waals surface area contributed by atoms with Gasteiger partial charge in [0.2, 0.25) is 5.91 Å². The second-order valence-electron chi connectivity index (χ2n) is 7.03. The molecule has 1 aliphatic rings. The Bertz CT molecular complexity index is 858. The molecule has 1 fully saturated rings. The van der Waals surface area contributed by atoms with Gasteiger partial charge >= 0.3 is 6.18 Å². The lowest BCUT2D eigenvalue weighted by atomic mass is 10.2. The fraction of sp³-hybridized carbons (Fsp3) is 0.400. The van der Waals surface area contributed by atoms with E-state index in [0.29, 0.717) is 36.2 Å². The van der Waals surface area contributed by atoms with Crippen LogP contribution in [0, 0.1) is 6.92 Å². The summed E-state index contributed by atoms with van der Waals surface area (Å²) in [6, 6.07) is 7.81. The highest BCUT2D eigenvalue weighted by molar-refractivity contribution is 6.31. The molecule has 1 aliphatic heterocycles. The van der Waals surface area contributed by atoms with E-state index in [1.165, 1.54) is 6.07 Å². The van der Waals surface area contributed by atoms with Crippen LogP contribution in [0.1, 0.15) is 17.5 Å². The van der Waals surface area contributed by atoms with E-state index < -0.39 is 11.7 Å². The molecule has 0 saturated carbocycles. The molecule has 9 heteroatoms. The number of amides is 1. The second-order valence-corrected chi connectivity index (χ2v) is 7.44. The van der Waals surface area contributed by atoms with Crippen molar-refractivity contribution in [3.63, 3.8) is 0 Å². The molecule has 3 rings (SSSR count). The number of hydrogen-bond donors (Lipinski definition) is 1. The van der Waals surface area contributed by atoms with Crippen LogP contribution in [0.3, 0.4) is 0 Å². The highest BCUT2D eigenvalue weighted by Crippen LogP contribution is 2.29. The molecule has 1 saturated heterocycles.